The fourth-order valence-electron chi connectivity index (χ4n) is 2.21. The number of benzene rings is 1. The van der Waals surface area contributed by atoms with Gasteiger partial charge in [0.2, 0.25) is 10.0 Å². The first-order chi connectivity index (χ1) is 10.0. The summed E-state index contributed by atoms with van der Waals surface area (Å²) in [5.74, 6) is 5.52. The van der Waals surface area contributed by atoms with E-state index >= 15 is 0 Å². The molecule has 0 radical (unpaired) electrons. The van der Waals surface area contributed by atoms with Crippen LogP contribution in [0.3, 0.4) is 0 Å². The van der Waals surface area contributed by atoms with Gasteiger partial charge < -0.3 is 10.5 Å². The summed E-state index contributed by atoms with van der Waals surface area (Å²) in [5.41, 5.74) is 6.79. The van der Waals surface area contributed by atoms with E-state index in [1.165, 1.54) is 0 Å². The van der Waals surface area contributed by atoms with Gasteiger partial charge in [0.05, 0.1) is 17.5 Å². The Labute approximate surface area is 125 Å². The minimum atomic E-state index is -3.60. The van der Waals surface area contributed by atoms with Gasteiger partial charge in [-0.2, -0.15) is 0 Å². The van der Waals surface area contributed by atoms with Gasteiger partial charge in [-0.1, -0.05) is 17.9 Å². The van der Waals surface area contributed by atoms with Gasteiger partial charge in [-0.25, -0.2) is 13.1 Å². The third-order valence-electron chi connectivity index (χ3n) is 3.27. The third-order valence-corrected chi connectivity index (χ3v) is 4.76. The van der Waals surface area contributed by atoms with Crippen molar-refractivity contribution >= 4 is 10.0 Å². The summed E-state index contributed by atoms with van der Waals surface area (Å²) in [5, 5.41) is 0. The van der Waals surface area contributed by atoms with Gasteiger partial charge in [-0.3, -0.25) is 0 Å². The second-order valence-electron chi connectivity index (χ2n) is 4.99. The number of hydrogen-bond acceptors (Lipinski definition) is 4. The molecule has 1 unspecified atom stereocenters. The first-order valence-corrected chi connectivity index (χ1v) is 8.42. The Balaban J connectivity index is 2.21. The van der Waals surface area contributed by atoms with Crippen LogP contribution in [-0.2, 0) is 14.8 Å². The van der Waals surface area contributed by atoms with Crippen LogP contribution >= 0.6 is 0 Å². The molecule has 0 spiro atoms. The molecule has 1 fully saturated rings. The highest BCUT2D eigenvalue weighted by Crippen LogP contribution is 2.17. The lowest BCUT2D eigenvalue weighted by Crippen LogP contribution is -2.32. The smallest absolute Gasteiger partial charge is 0.241 e. The van der Waals surface area contributed by atoms with E-state index in [-0.39, 0.29) is 17.5 Å². The van der Waals surface area contributed by atoms with E-state index in [0.717, 1.165) is 18.4 Å². The maximum atomic E-state index is 12.4. The maximum absolute atomic E-state index is 12.4. The topological polar surface area (TPSA) is 81.4 Å². The molecule has 6 heteroatoms. The fourth-order valence-corrected chi connectivity index (χ4v) is 3.42. The van der Waals surface area contributed by atoms with Gasteiger partial charge in [-0.15, -0.1) is 0 Å². The highest BCUT2D eigenvalue weighted by molar-refractivity contribution is 7.89. The van der Waals surface area contributed by atoms with Crippen LogP contribution in [0, 0.1) is 18.8 Å². The molecule has 2 rings (SSSR count). The van der Waals surface area contributed by atoms with E-state index in [2.05, 4.69) is 16.6 Å². The van der Waals surface area contributed by atoms with Crippen molar-refractivity contribution in [2.24, 2.45) is 5.73 Å². The molecule has 1 aliphatic heterocycles. The molecular formula is C15H20N2O3S. The number of sulfonamides is 1. The van der Waals surface area contributed by atoms with Gasteiger partial charge >= 0.3 is 0 Å². The lowest BCUT2D eigenvalue weighted by molar-refractivity contribution is 0.114. The first-order valence-electron chi connectivity index (χ1n) is 6.94. The molecule has 0 aromatic heterocycles. The van der Waals surface area contributed by atoms with Gasteiger partial charge in [0.15, 0.2) is 0 Å². The third kappa shape index (κ3) is 4.29. The van der Waals surface area contributed by atoms with Crippen molar-refractivity contribution in [2.45, 2.75) is 30.8 Å². The van der Waals surface area contributed by atoms with Crippen LogP contribution in [0.25, 0.3) is 0 Å². The highest BCUT2D eigenvalue weighted by Gasteiger charge is 2.22. The van der Waals surface area contributed by atoms with E-state index in [4.69, 9.17) is 10.5 Å². The maximum Gasteiger partial charge on any atom is 0.241 e. The van der Waals surface area contributed by atoms with Crippen molar-refractivity contribution in [3.63, 3.8) is 0 Å². The van der Waals surface area contributed by atoms with Crippen LogP contribution in [0.5, 0.6) is 0 Å². The number of aryl methyl sites for hydroxylation is 1. The molecule has 1 aliphatic rings. The summed E-state index contributed by atoms with van der Waals surface area (Å²) >= 11 is 0. The second kappa shape index (κ2) is 7.05. The van der Waals surface area contributed by atoms with E-state index < -0.39 is 10.0 Å². The van der Waals surface area contributed by atoms with Crippen LogP contribution in [-0.4, -0.2) is 34.2 Å². The molecule has 1 heterocycles. The Kier molecular flexibility index (Phi) is 5.37. The quantitative estimate of drug-likeness (QED) is 0.805. The van der Waals surface area contributed by atoms with E-state index in [1.807, 2.05) is 6.92 Å². The van der Waals surface area contributed by atoms with E-state index in [0.29, 0.717) is 18.7 Å². The predicted molar refractivity (Wildman–Crippen MR) is 81.3 cm³/mol. The van der Waals surface area contributed by atoms with Gasteiger partial charge in [0, 0.05) is 18.7 Å². The lowest BCUT2D eigenvalue weighted by atomic mass is 10.1. The van der Waals surface area contributed by atoms with E-state index in [9.17, 15) is 8.42 Å². The van der Waals surface area contributed by atoms with Crippen molar-refractivity contribution in [3.05, 3.63) is 29.3 Å². The lowest BCUT2D eigenvalue weighted by Gasteiger charge is -2.12. The Bertz CT molecular complexity index is 653. The van der Waals surface area contributed by atoms with Crippen LogP contribution in [0.15, 0.2) is 23.1 Å². The number of ether oxygens (including phenoxy) is 1. The minimum Gasteiger partial charge on any atom is -0.377 e. The first kappa shape index (κ1) is 16.0. The molecule has 1 saturated heterocycles. The summed E-state index contributed by atoms with van der Waals surface area (Å²) < 4.78 is 32.9. The van der Waals surface area contributed by atoms with Crippen LogP contribution in [0.4, 0.5) is 0 Å². The minimum absolute atomic E-state index is 0.0381. The number of nitrogens with two attached hydrogens (primary N) is 1. The molecule has 114 valence electrons. The number of hydrogen-bond donors (Lipinski definition) is 2. The Morgan fingerprint density at radius 3 is 2.95 bits per heavy atom. The van der Waals surface area contributed by atoms with Crippen molar-refractivity contribution < 1.29 is 13.2 Å². The molecule has 3 N–H and O–H groups in total. The summed E-state index contributed by atoms with van der Waals surface area (Å²) in [7, 11) is -3.60. The molecule has 1 atom stereocenters. The van der Waals surface area contributed by atoms with E-state index in [1.54, 1.807) is 18.2 Å². The average Bonchev–Trinajstić information content (AvgIpc) is 2.96. The molecule has 1 aromatic rings. The van der Waals surface area contributed by atoms with Crippen LogP contribution in [0.2, 0.25) is 0 Å². The Morgan fingerprint density at radius 1 is 1.48 bits per heavy atom. The summed E-state index contributed by atoms with van der Waals surface area (Å²) in [6.07, 6.45) is 1.82. The van der Waals surface area contributed by atoms with Crippen molar-refractivity contribution in [2.75, 3.05) is 19.7 Å². The van der Waals surface area contributed by atoms with Crippen molar-refractivity contribution in [1.82, 2.24) is 4.72 Å². The summed E-state index contributed by atoms with van der Waals surface area (Å²) in [6, 6.07) is 5.09. The number of nitrogens with one attached hydrogen (secondary N) is 1. The summed E-state index contributed by atoms with van der Waals surface area (Å²) in [6.45, 7) is 3.07. The fraction of sp³-hybridized carbons (Fsp3) is 0.467. The van der Waals surface area contributed by atoms with Gasteiger partial charge in [0.25, 0.3) is 0 Å². The highest BCUT2D eigenvalue weighted by atomic mass is 32.2. The molecule has 0 saturated carbocycles. The normalized spacial score (nSPS) is 18.3. The Morgan fingerprint density at radius 2 is 2.29 bits per heavy atom. The van der Waals surface area contributed by atoms with Crippen LogP contribution in [0.1, 0.15) is 24.0 Å². The molecule has 0 bridgehead atoms. The average molecular weight is 308 g/mol. The second-order valence-corrected chi connectivity index (χ2v) is 6.73. The molecular weight excluding hydrogens is 288 g/mol. The molecule has 5 nitrogen and oxygen atoms in total. The largest absolute Gasteiger partial charge is 0.377 e. The predicted octanol–water partition coefficient (Wildman–Crippen LogP) is 0.763. The SMILES string of the molecule is Cc1ccc(S(=O)(=O)NCC2CCCO2)c(C#CCN)c1. The monoisotopic (exact) mass is 308 g/mol. The van der Waals surface area contributed by atoms with Gasteiger partial charge in [-0.05, 0) is 37.5 Å². The molecule has 0 amide bonds. The molecule has 1 aromatic carbocycles. The molecule has 21 heavy (non-hydrogen) atoms. The zero-order chi connectivity index (χ0) is 15.3. The zero-order valence-electron chi connectivity index (χ0n) is 12.1. The Hall–Kier alpha value is -1.39. The number of rotatable bonds is 4. The summed E-state index contributed by atoms with van der Waals surface area (Å²) in [4.78, 5) is 0.187. The van der Waals surface area contributed by atoms with Crippen molar-refractivity contribution in [3.8, 4) is 11.8 Å². The zero-order valence-corrected chi connectivity index (χ0v) is 12.9. The van der Waals surface area contributed by atoms with Gasteiger partial charge in [0.1, 0.15) is 0 Å². The molecule has 0 aliphatic carbocycles. The standard InChI is InChI=1S/C15H20N2O3S/c1-12-6-7-15(13(10-12)4-2-8-16)21(18,19)17-11-14-5-3-9-20-14/h6-7,10,14,17H,3,5,8-9,11,16H2,1H3. The van der Waals surface area contributed by atoms with Crippen molar-refractivity contribution in [1.29, 1.82) is 0 Å². The van der Waals surface area contributed by atoms with Crippen LogP contribution < -0.4 is 10.5 Å².